The molecule has 0 spiro atoms. The summed E-state index contributed by atoms with van der Waals surface area (Å²) >= 11 is 0. The molecule has 0 radical (unpaired) electrons. The summed E-state index contributed by atoms with van der Waals surface area (Å²) in [6.45, 7) is 9.88. The Morgan fingerprint density at radius 3 is 0.638 bits per heavy atom. The molecule has 0 aliphatic carbocycles. The first-order valence-electron chi connectivity index (χ1n) is 44.7. The van der Waals surface area contributed by atoms with Crippen LogP contribution in [0.2, 0.25) is 0 Å². The molecule has 13 aromatic rings. The summed E-state index contributed by atoms with van der Waals surface area (Å²) in [7, 11) is 15.9. The Kier molecular flexibility index (Phi) is 38.6. The van der Waals surface area contributed by atoms with Gasteiger partial charge in [0.2, 0.25) is 0 Å². The third-order valence-corrected chi connectivity index (χ3v) is 25.4. The standard InChI is InChI=1S/C41H52O9.C31H28O6.C20H26O6.C19H24O6/c1-40(2,34-14-26(20-45-4)37(42)27(15-34)21-46-5)32-10-12-33(13-11-32)41(3,35-16-28(22-47-6)38(43)29(17-35)23-48-7)36-18-30(24-49-8)39(44)31(19-36)25-50-9;32-14-20-9-18(10-21(15-33)30(20)36)11-28-24-5-1-3-7-26(24)29(27-8-4-2-6-25(27)28)19-12-22(16-34)31(37)23(13-19)17-35;1-23-9-15-5-13(6-16(10-24-2)19(15)21)14-7-17(11-25-3)20(22)18(8-14)12-26-4;1-19(2,15-3-11(7-20)17(24)12(4-15)8-21)16-5-13(9-22)18(25)14(6-16)10-23/h10-19,42-44H,20-25H2,1-9H3;1-10,12-13,32-37H,11,14-17H2;5-8,21-22H,9-12H2,1-4H3;3-6,20-25H,7-10H2,1-2H3. The molecule has 0 bridgehead atoms. The van der Waals surface area contributed by atoms with Crippen LogP contribution in [0.1, 0.15) is 185 Å². The minimum absolute atomic E-state index is 0.0921. The highest BCUT2D eigenvalue weighted by Crippen LogP contribution is 2.49. The average molecular weight is 1900 g/mol. The Labute approximate surface area is 805 Å². The van der Waals surface area contributed by atoms with Crippen molar-refractivity contribution in [2.24, 2.45) is 0 Å². The quantitative estimate of drug-likeness (QED) is 0.0126. The van der Waals surface area contributed by atoms with E-state index < -0.39 is 16.2 Å². The first-order chi connectivity index (χ1) is 66.2. The first kappa shape index (κ1) is 108. The van der Waals surface area contributed by atoms with E-state index in [9.17, 15) is 86.8 Å². The molecule has 0 saturated carbocycles. The summed E-state index contributed by atoms with van der Waals surface area (Å²) in [6.07, 6.45) is 0.501. The second-order valence-electron chi connectivity index (χ2n) is 35.1. The molecule has 138 heavy (non-hydrogen) atoms. The molecule has 0 amide bonds. The molecule has 13 aromatic carbocycles. The van der Waals surface area contributed by atoms with E-state index in [0.717, 1.165) is 93.9 Å². The van der Waals surface area contributed by atoms with Crippen molar-refractivity contribution in [3.63, 3.8) is 0 Å². The number of aromatic hydroxyl groups is 9. The SMILES string of the molecule is CC(C)(c1cc(CO)c(O)c(CO)c1)c1cc(CO)c(O)c(CO)c1.COCc1cc(-c2cc(COC)c(O)c(COC)c2)cc(COC)c1O.COCc1cc(C(C)(C)c2ccc(C(C)(c3cc(COC)c(O)c(COC)c3)c3cc(COC)c(O)c(COC)c3)cc2)cc(COC)c1O.OCc1cc(Cc2c3ccccc3c(-c3cc(CO)c(O)c(CO)c3)c3ccccc23)cc(CO)c1O. The van der Waals surface area contributed by atoms with Crippen LogP contribution < -0.4 is 0 Å². The Hall–Kier alpha value is -12.1. The zero-order chi connectivity index (χ0) is 101. The zero-order valence-corrected chi connectivity index (χ0v) is 80.9. The number of phenolic OH excluding ortho intramolecular Hbond substituents is 5. The molecule has 0 unspecified atom stereocenters. The molecule has 0 aromatic heterocycles. The Balaban J connectivity index is 0.000000198. The minimum Gasteiger partial charge on any atom is -0.507 e. The van der Waals surface area contributed by atoms with E-state index in [0.29, 0.717) is 107 Å². The van der Waals surface area contributed by atoms with Crippen LogP contribution in [-0.2, 0) is 189 Å². The number of aliphatic hydroxyl groups is 8. The van der Waals surface area contributed by atoms with E-state index in [2.05, 4.69) is 45.0 Å². The molecule has 17 N–H and O–H groups in total. The van der Waals surface area contributed by atoms with Crippen LogP contribution in [0.25, 0.3) is 43.8 Å². The molecular weight excluding hydrogens is 1770 g/mol. The normalized spacial score (nSPS) is 11.7. The molecule has 13 rings (SSSR count). The molecule has 27 nitrogen and oxygen atoms in total. The summed E-state index contributed by atoms with van der Waals surface area (Å²) in [5.74, 6) is 0.329. The van der Waals surface area contributed by atoms with Crippen LogP contribution in [0, 0.1) is 0 Å². The maximum Gasteiger partial charge on any atom is 0.126 e. The molecule has 0 heterocycles. The zero-order valence-electron chi connectivity index (χ0n) is 80.9. The van der Waals surface area contributed by atoms with Gasteiger partial charge >= 0.3 is 0 Å². The molecule has 736 valence electrons. The van der Waals surface area contributed by atoms with Crippen molar-refractivity contribution >= 4 is 21.5 Å². The third kappa shape index (κ3) is 23.9. The first-order valence-corrected chi connectivity index (χ1v) is 44.7. The molecule has 0 atom stereocenters. The summed E-state index contributed by atoms with van der Waals surface area (Å²) in [6, 6.07) is 57.5. The van der Waals surface area contributed by atoms with Gasteiger partial charge in [0, 0.05) is 187 Å². The molecule has 0 fully saturated rings. The van der Waals surface area contributed by atoms with Crippen molar-refractivity contribution in [2.75, 3.05) is 71.1 Å². The van der Waals surface area contributed by atoms with E-state index in [1.54, 1.807) is 120 Å². The summed E-state index contributed by atoms with van der Waals surface area (Å²) < 4.78 is 53.5. The largest absolute Gasteiger partial charge is 0.507 e. The van der Waals surface area contributed by atoms with Gasteiger partial charge in [-0.25, -0.2) is 0 Å². The van der Waals surface area contributed by atoms with E-state index >= 15 is 0 Å². The molecule has 0 aliphatic heterocycles. The monoisotopic (exact) mass is 1890 g/mol. The van der Waals surface area contributed by atoms with Crippen LogP contribution in [0.4, 0.5) is 0 Å². The van der Waals surface area contributed by atoms with Crippen molar-refractivity contribution in [3.8, 4) is 74.0 Å². The molecule has 0 saturated heterocycles. The predicted molar refractivity (Wildman–Crippen MR) is 526 cm³/mol. The maximum absolute atomic E-state index is 11.1. The van der Waals surface area contributed by atoms with Gasteiger partial charge in [-0.3, -0.25) is 0 Å². The number of fused-ring (bicyclic) bond motifs is 2. The lowest BCUT2D eigenvalue weighted by Gasteiger charge is -2.35. The molecule has 0 aliphatic rings. The second kappa shape index (κ2) is 49.4. The number of phenols is 9. The number of methoxy groups -OCH3 is 10. The van der Waals surface area contributed by atoms with Crippen LogP contribution >= 0.6 is 0 Å². The van der Waals surface area contributed by atoms with Crippen LogP contribution in [-0.4, -0.2) is 158 Å². The van der Waals surface area contributed by atoms with Gasteiger partial charge in [0.05, 0.1) is 119 Å². The summed E-state index contributed by atoms with van der Waals surface area (Å²) in [5, 5.41) is 176. The lowest BCUT2D eigenvalue weighted by atomic mass is 9.68. The second-order valence-corrected chi connectivity index (χ2v) is 35.1. The van der Waals surface area contributed by atoms with Gasteiger partial charge in [-0.05, 0) is 216 Å². The fourth-order valence-electron chi connectivity index (χ4n) is 17.7. The van der Waals surface area contributed by atoms with Gasteiger partial charge in [0.15, 0.2) is 0 Å². The van der Waals surface area contributed by atoms with E-state index in [1.165, 1.54) is 0 Å². The highest BCUT2D eigenvalue weighted by molar-refractivity contribution is 6.15. The number of aliphatic hydroxyl groups excluding tert-OH is 8. The third-order valence-electron chi connectivity index (χ3n) is 25.4. The van der Waals surface area contributed by atoms with Gasteiger partial charge in [-0.2, -0.15) is 0 Å². The van der Waals surface area contributed by atoms with Crippen LogP contribution in [0.15, 0.2) is 182 Å². The fraction of sp³-hybridized carbons (Fsp3) is 0.333. The van der Waals surface area contributed by atoms with E-state index in [4.69, 9.17) is 47.4 Å². The van der Waals surface area contributed by atoms with Gasteiger partial charge < -0.3 is 134 Å². The van der Waals surface area contributed by atoms with Gasteiger partial charge in [-0.15, -0.1) is 0 Å². The highest BCUT2D eigenvalue weighted by atomic mass is 16.5. The van der Waals surface area contributed by atoms with Crippen LogP contribution in [0.3, 0.4) is 0 Å². The lowest BCUT2D eigenvalue weighted by molar-refractivity contribution is 0.174. The smallest absolute Gasteiger partial charge is 0.126 e. The lowest BCUT2D eigenvalue weighted by Crippen LogP contribution is -2.27. The van der Waals surface area contributed by atoms with Gasteiger partial charge in [-0.1, -0.05) is 100 Å². The van der Waals surface area contributed by atoms with Crippen molar-refractivity contribution in [1.82, 2.24) is 0 Å². The Morgan fingerprint density at radius 2 is 0.391 bits per heavy atom. The van der Waals surface area contributed by atoms with Crippen molar-refractivity contribution in [3.05, 3.63) is 332 Å². The summed E-state index contributed by atoms with van der Waals surface area (Å²) in [5.41, 5.74) is 19.1. The summed E-state index contributed by atoms with van der Waals surface area (Å²) in [4.78, 5) is 0. The average Bonchev–Trinajstić information content (AvgIpc) is 0.780. The molecular formula is C111H130O27. The number of hydrogen-bond acceptors (Lipinski definition) is 27. The predicted octanol–water partition coefficient (Wildman–Crippen LogP) is 16.7. The molecule has 27 heteroatoms. The van der Waals surface area contributed by atoms with E-state index in [-0.39, 0.29) is 171 Å². The fourth-order valence-corrected chi connectivity index (χ4v) is 17.7. The van der Waals surface area contributed by atoms with E-state index in [1.807, 2.05) is 123 Å². The Morgan fingerprint density at radius 1 is 0.203 bits per heavy atom. The number of ether oxygens (including phenoxy) is 10. The van der Waals surface area contributed by atoms with Gasteiger partial charge in [0.25, 0.3) is 0 Å². The topological polar surface area (TPSA) is 436 Å². The van der Waals surface area contributed by atoms with Gasteiger partial charge in [0.1, 0.15) is 51.7 Å². The minimum atomic E-state index is -0.782. The van der Waals surface area contributed by atoms with Crippen molar-refractivity contribution in [2.45, 2.75) is 176 Å². The number of benzene rings is 13. The van der Waals surface area contributed by atoms with Crippen molar-refractivity contribution < 1.29 is 134 Å². The van der Waals surface area contributed by atoms with Crippen molar-refractivity contribution in [1.29, 1.82) is 0 Å². The maximum atomic E-state index is 11.1. The number of hydrogen-bond donors (Lipinski definition) is 17. The Bertz CT molecular complexity index is 5850. The number of rotatable bonds is 39. The highest BCUT2D eigenvalue weighted by Gasteiger charge is 2.37. The van der Waals surface area contributed by atoms with Crippen LogP contribution in [0.5, 0.6) is 51.7 Å².